The van der Waals surface area contributed by atoms with Crippen LogP contribution >= 0.6 is 45.2 Å². The number of anilines is 2. The fourth-order valence-corrected chi connectivity index (χ4v) is 4.67. The molecule has 0 atom stereocenters. The highest BCUT2D eigenvalue weighted by Gasteiger charge is 2.73. The van der Waals surface area contributed by atoms with Gasteiger partial charge in [-0.15, -0.1) is 0 Å². The molecule has 0 radical (unpaired) electrons. The molecule has 0 heterocycles. The van der Waals surface area contributed by atoms with Crippen LogP contribution in [0.25, 0.3) is 0 Å². The molecule has 0 aromatic heterocycles. The second-order valence-corrected chi connectivity index (χ2v) is 9.97. The van der Waals surface area contributed by atoms with Crippen molar-refractivity contribution in [3.8, 4) is 0 Å². The van der Waals surface area contributed by atoms with E-state index in [0.29, 0.717) is 12.1 Å². The topological polar surface area (TPSA) is 92.5 Å². The monoisotopic (exact) mass is 782 g/mol. The maximum atomic E-state index is 13.4. The van der Waals surface area contributed by atoms with E-state index < -0.39 is 76.0 Å². The summed E-state index contributed by atoms with van der Waals surface area (Å²) in [6.45, 7) is 0. The standard InChI is InChI=1S/C19H12F12I2N2O2/c20-16(21,22)14(36,17(23,24)25)8-2-6(10(32)4-12(8)34)1-7-3-9(13(35)5-11(7)33)15(37,18(26,27)28)19(29,30)31/h2-5,36-37H,1,34-35H2. The number of hydrogen-bond acceptors (Lipinski definition) is 4. The quantitative estimate of drug-likeness (QED) is 0.167. The molecular weight excluding hydrogens is 770 g/mol. The van der Waals surface area contributed by atoms with E-state index in [-0.39, 0.29) is 19.3 Å². The summed E-state index contributed by atoms with van der Waals surface area (Å²) in [6, 6.07) is 1.62. The van der Waals surface area contributed by atoms with Crippen molar-refractivity contribution >= 4 is 56.6 Å². The average molecular weight is 782 g/mol. The van der Waals surface area contributed by atoms with Crippen molar-refractivity contribution in [2.75, 3.05) is 11.5 Å². The van der Waals surface area contributed by atoms with Gasteiger partial charge in [0.25, 0.3) is 11.2 Å². The third kappa shape index (κ3) is 5.38. The summed E-state index contributed by atoms with van der Waals surface area (Å²) in [5.74, 6) is 0. The van der Waals surface area contributed by atoms with Crippen molar-refractivity contribution in [2.24, 2.45) is 0 Å². The second-order valence-electron chi connectivity index (χ2n) is 7.65. The van der Waals surface area contributed by atoms with Crippen LogP contribution in [0.4, 0.5) is 64.1 Å². The first-order chi connectivity index (χ1) is 16.3. The molecule has 2 aromatic rings. The van der Waals surface area contributed by atoms with E-state index in [1.165, 1.54) is 45.2 Å². The van der Waals surface area contributed by atoms with Crippen LogP contribution in [-0.4, -0.2) is 34.9 Å². The molecule has 0 aliphatic carbocycles. The summed E-state index contributed by atoms with van der Waals surface area (Å²) < 4.78 is 160. The summed E-state index contributed by atoms with van der Waals surface area (Å²) >= 11 is 2.82. The molecule has 2 aromatic carbocycles. The predicted molar refractivity (Wildman–Crippen MR) is 122 cm³/mol. The molecule has 208 valence electrons. The van der Waals surface area contributed by atoms with Crippen LogP contribution in [0.2, 0.25) is 0 Å². The van der Waals surface area contributed by atoms with Crippen LogP contribution in [0, 0.1) is 7.14 Å². The third-order valence-electron chi connectivity index (χ3n) is 5.24. The van der Waals surface area contributed by atoms with Gasteiger partial charge in [0, 0.05) is 29.6 Å². The lowest BCUT2D eigenvalue weighted by Crippen LogP contribution is -2.54. The second kappa shape index (κ2) is 9.65. The molecule has 0 fully saturated rings. The number of hydrogen-bond donors (Lipinski definition) is 4. The van der Waals surface area contributed by atoms with E-state index in [4.69, 9.17) is 11.5 Å². The van der Waals surface area contributed by atoms with Gasteiger partial charge in [-0.2, -0.15) is 52.7 Å². The van der Waals surface area contributed by atoms with Crippen molar-refractivity contribution in [2.45, 2.75) is 42.3 Å². The van der Waals surface area contributed by atoms with Gasteiger partial charge >= 0.3 is 24.7 Å². The Morgan fingerprint density at radius 1 is 0.541 bits per heavy atom. The highest BCUT2D eigenvalue weighted by molar-refractivity contribution is 14.1. The molecule has 0 unspecified atom stereocenters. The van der Waals surface area contributed by atoms with Crippen LogP contribution in [0.5, 0.6) is 0 Å². The molecule has 0 aliphatic heterocycles. The normalized spacial score (nSPS) is 14.3. The van der Waals surface area contributed by atoms with Crippen molar-refractivity contribution in [1.82, 2.24) is 0 Å². The first-order valence-electron chi connectivity index (χ1n) is 9.19. The van der Waals surface area contributed by atoms with Gasteiger partial charge < -0.3 is 21.7 Å². The van der Waals surface area contributed by atoms with Crippen LogP contribution in [-0.2, 0) is 17.6 Å². The van der Waals surface area contributed by atoms with E-state index >= 15 is 0 Å². The smallest absolute Gasteiger partial charge is 0.398 e. The van der Waals surface area contributed by atoms with Gasteiger partial charge in [-0.3, -0.25) is 0 Å². The Hall–Kier alpha value is -1.42. The van der Waals surface area contributed by atoms with Crippen LogP contribution in [0.1, 0.15) is 22.3 Å². The molecule has 18 heteroatoms. The van der Waals surface area contributed by atoms with Crippen molar-refractivity contribution in [3.05, 3.63) is 53.7 Å². The molecule has 37 heavy (non-hydrogen) atoms. The Bertz CT molecular complexity index is 1070. The van der Waals surface area contributed by atoms with Gasteiger partial charge in [0.15, 0.2) is 0 Å². The lowest BCUT2D eigenvalue weighted by molar-refractivity contribution is -0.376. The molecular formula is C19H12F12I2N2O2. The van der Waals surface area contributed by atoms with Gasteiger partial charge in [-0.05, 0) is 87.0 Å². The maximum Gasteiger partial charge on any atom is 0.430 e. The molecule has 2 rings (SSSR count). The van der Waals surface area contributed by atoms with E-state index in [0.717, 1.165) is 0 Å². The fourth-order valence-electron chi connectivity index (χ4n) is 3.30. The average Bonchev–Trinajstić information content (AvgIpc) is 2.67. The summed E-state index contributed by atoms with van der Waals surface area (Å²) in [5, 5.41) is 19.4. The lowest BCUT2D eigenvalue weighted by Gasteiger charge is -2.34. The minimum atomic E-state index is -6.32. The molecule has 0 amide bonds. The summed E-state index contributed by atoms with van der Waals surface area (Å²) in [6.07, 6.45) is -26.1. The molecule has 0 saturated heterocycles. The number of aliphatic hydroxyl groups is 2. The summed E-state index contributed by atoms with van der Waals surface area (Å²) in [7, 11) is 0. The van der Waals surface area contributed by atoms with E-state index in [2.05, 4.69) is 0 Å². The first kappa shape index (κ1) is 31.8. The SMILES string of the molecule is Nc1cc(I)c(Cc2cc(C(O)(C(F)(F)F)C(F)(F)F)c(N)cc2I)cc1C(O)(C(F)(F)F)C(F)(F)F. The molecule has 0 bridgehead atoms. The Morgan fingerprint density at radius 2 is 0.784 bits per heavy atom. The fraction of sp³-hybridized carbons (Fsp3) is 0.368. The Morgan fingerprint density at radius 3 is 1.00 bits per heavy atom. The molecule has 4 nitrogen and oxygen atoms in total. The zero-order valence-corrected chi connectivity index (χ0v) is 21.7. The number of halogens is 14. The van der Waals surface area contributed by atoms with Gasteiger partial charge in [-0.1, -0.05) is 0 Å². The lowest BCUT2D eigenvalue weighted by atomic mass is 9.86. The Balaban J connectivity index is 2.81. The summed E-state index contributed by atoms with van der Waals surface area (Å²) in [5.41, 5.74) is -7.19. The number of benzene rings is 2. The molecule has 0 spiro atoms. The van der Waals surface area contributed by atoms with Gasteiger partial charge in [0.05, 0.1) is 0 Å². The van der Waals surface area contributed by atoms with Crippen LogP contribution in [0.3, 0.4) is 0 Å². The van der Waals surface area contributed by atoms with E-state index in [9.17, 15) is 62.9 Å². The van der Waals surface area contributed by atoms with Gasteiger partial charge in [-0.25, -0.2) is 0 Å². The first-order valence-corrected chi connectivity index (χ1v) is 11.3. The largest absolute Gasteiger partial charge is 0.430 e. The maximum absolute atomic E-state index is 13.4. The Labute approximate surface area is 226 Å². The zero-order chi connectivity index (χ0) is 29.2. The number of nitrogen functional groups attached to an aromatic ring is 2. The van der Waals surface area contributed by atoms with Crippen LogP contribution in [0.15, 0.2) is 24.3 Å². The van der Waals surface area contributed by atoms with E-state index in [1.54, 1.807) is 0 Å². The van der Waals surface area contributed by atoms with Gasteiger partial charge in [0.1, 0.15) is 0 Å². The van der Waals surface area contributed by atoms with Gasteiger partial charge in [0.2, 0.25) is 0 Å². The van der Waals surface area contributed by atoms with Crippen molar-refractivity contribution < 1.29 is 62.9 Å². The molecule has 6 N–H and O–H groups in total. The zero-order valence-electron chi connectivity index (χ0n) is 17.4. The molecule has 0 saturated carbocycles. The Kier molecular flexibility index (Phi) is 8.29. The summed E-state index contributed by atoms with van der Waals surface area (Å²) in [4.78, 5) is 0. The number of alkyl halides is 12. The minimum absolute atomic E-state index is 0.137. The van der Waals surface area contributed by atoms with E-state index in [1.807, 2.05) is 0 Å². The third-order valence-corrected chi connectivity index (χ3v) is 7.25. The highest BCUT2D eigenvalue weighted by Crippen LogP contribution is 2.53. The number of nitrogens with two attached hydrogens (primary N) is 2. The number of rotatable bonds is 4. The predicted octanol–water partition coefficient (Wildman–Crippen LogP) is 6.28. The molecule has 0 aliphatic rings. The minimum Gasteiger partial charge on any atom is -0.398 e. The van der Waals surface area contributed by atoms with Crippen molar-refractivity contribution in [1.29, 1.82) is 0 Å². The van der Waals surface area contributed by atoms with Crippen LogP contribution < -0.4 is 11.5 Å². The van der Waals surface area contributed by atoms with Crippen molar-refractivity contribution in [3.63, 3.8) is 0 Å². The highest BCUT2D eigenvalue weighted by atomic mass is 127.